The number of aryl methyl sites for hydroxylation is 2. The van der Waals surface area contributed by atoms with Crippen molar-refractivity contribution >= 4 is 55.4 Å². The lowest BCUT2D eigenvalue weighted by atomic mass is 10.2. The number of amides is 1. The number of carbonyl (C=O) groups is 1. The Kier molecular flexibility index (Phi) is 4.41. The second-order valence-corrected chi connectivity index (χ2v) is 8.83. The molecule has 2 aromatic carbocycles. The van der Waals surface area contributed by atoms with E-state index in [2.05, 4.69) is 45.0 Å². The molecule has 0 aliphatic rings. The molecule has 1 amide bonds. The van der Waals surface area contributed by atoms with E-state index < -0.39 is 0 Å². The average molecular weight is 419 g/mol. The second-order valence-electron chi connectivity index (χ2n) is 6.74. The summed E-state index contributed by atoms with van der Waals surface area (Å²) in [7, 11) is 0. The number of hydrogen-bond acceptors (Lipinski definition) is 5. The van der Waals surface area contributed by atoms with Crippen molar-refractivity contribution in [3.8, 4) is 10.7 Å². The lowest BCUT2D eigenvalue weighted by Crippen LogP contribution is -2.12. The normalized spacial score (nSPS) is 11.4. The molecule has 144 valence electrons. The summed E-state index contributed by atoms with van der Waals surface area (Å²) in [5, 5.41) is 7.79. The topological polar surface area (TPSA) is 59.8 Å². The summed E-state index contributed by atoms with van der Waals surface area (Å²) in [5.41, 5.74) is 4.27. The van der Waals surface area contributed by atoms with Gasteiger partial charge in [-0.1, -0.05) is 18.2 Å². The van der Waals surface area contributed by atoms with Crippen LogP contribution in [0.1, 0.15) is 22.4 Å². The molecule has 0 bridgehead atoms. The van der Waals surface area contributed by atoms with Crippen LogP contribution in [0, 0.1) is 6.92 Å². The van der Waals surface area contributed by atoms with E-state index in [0.717, 1.165) is 38.2 Å². The molecule has 0 spiro atoms. The molecule has 3 aromatic heterocycles. The van der Waals surface area contributed by atoms with Crippen molar-refractivity contribution in [3.05, 3.63) is 64.6 Å². The summed E-state index contributed by atoms with van der Waals surface area (Å²) in [6.07, 6.45) is 0. The van der Waals surface area contributed by atoms with E-state index in [1.807, 2.05) is 42.6 Å². The maximum absolute atomic E-state index is 12.7. The van der Waals surface area contributed by atoms with Gasteiger partial charge in [0.2, 0.25) is 0 Å². The van der Waals surface area contributed by atoms with E-state index in [1.165, 1.54) is 22.2 Å². The van der Waals surface area contributed by atoms with Crippen molar-refractivity contribution in [2.45, 2.75) is 20.4 Å². The van der Waals surface area contributed by atoms with Gasteiger partial charge in [0.1, 0.15) is 10.7 Å². The minimum atomic E-state index is -0.210. The van der Waals surface area contributed by atoms with Crippen molar-refractivity contribution in [2.24, 2.45) is 0 Å². The van der Waals surface area contributed by atoms with Gasteiger partial charge in [-0.05, 0) is 44.2 Å². The van der Waals surface area contributed by atoms with Gasteiger partial charge in [0.15, 0.2) is 0 Å². The Morgan fingerprint density at radius 3 is 2.86 bits per heavy atom. The highest BCUT2D eigenvalue weighted by atomic mass is 32.1. The third kappa shape index (κ3) is 3.22. The number of thiazole rings is 2. The van der Waals surface area contributed by atoms with Gasteiger partial charge < -0.3 is 9.88 Å². The van der Waals surface area contributed by atoms with Crippen LogP contribution >= 0.6 is 22.7 Å². The van der Waals surface area contributed by atoms with Gasteiger partial charge in [-0.25, -0.2) is 9.97 Å². The molecule has 5 nitrogen and oxygen atoms in total. The lowest BCUT2D eigenvalue weighted by Gasteiger charge is -2.05. The van der Waals surface area contributed by atoms with Crippen LogP contribution in [0.4, 0.5) is 5.69 Å². The van der Waals surface area contributed by atoms with Gasteiger partial charge in [0.25, 0.3) is 5.91 Å². The molecule has 0 atom stereocenters. The lowest BCUT2D eigenvalue weighted by molar-refractivity contribution is 0.102. The Morgan fingerprint density at radius 2 is 2.00 bits per heavy atom. The van der Waals surface area contributed by atoms with Crippen LogP contribution in [-0.2, 0) is 6.54 Å². The molecule has 0 fully saturated rings. The Bertz CT molecular complexity index is 1360. The molecule has 3 heterocycles. The van der Waals surface area contributed by atoms with Crippen molar-refractivity contribution in [1.29, 1.82) is 0 Å². The highest BCUT2D eigenvalue weighted by Gasteiger charge is 2.16. The number of nitrogens with one attached hydrogen (secondary N) is 1. The first-order chi connectivity index (χ1) is 14.1. The number of aromatic nitrogens is 3. The molecule has 0 saturated heterocycles. The number of fused-ring (bicyclic) bond motifs is 2. The Balaban J connectivity index is 1.44. The van der Waals surface area contributed by atoms with Gasteiger partial charge >= 0.3 is 0 Å². The third-order valence-corrected chi connectivity index (χ3v) is 6.65. The fraction of sp³-hybridized carbons (Fsp3) is 0.136. The number of rotatable bonds is 4. The fourth-order valence-electron chi connectivity index (χ4n) is 3.54. The largest absolute Gasteiger partial charge is 0.339 e. The van der Waals surface area contributed by atoms with E-state index in [-0.39, 0.29) is 5.91 Å². The van der Waals surface area contributed by atoms with Crippen molar-refractivity contribution in [3.63, 3.8) is 0 Å². The number of nitrogens with zero attached hydrogens (tertiary/aromatic N) is 3. The highest BCUT2D eigenvalue weighted by Crippen LogP contribution is 2.31. The van der Waals surface area contributed by atoms with Crippen LogP contribution in [0.3, 0.4) is 0 Å². The zero-order valence-corrected chi connectivity index (χ0v) is 17.6. The maximum Gasteiger partial charge on any atom is 0.275 e. The van der Waals surface area contributed by atoms with Crippen LogP contribution in [0.5, 0.6) is 0 Å². The molecule has 0 radical (unpaired) electrons. The van der Waals surface area contributed by atoms with Crippen molar-refractivity contribution < 1.29 is 4.79 Å². The van der Waals surface area contributed by atoms with Gasteiger partial charge in [0, 0.05) is 28.5 Å². The summed E-state index contributed by atoms with van der Waals surface area (Å²) in [6, 6.07) is 16.2. The number of hydrogen-bond donors (Lipinski definition) is 1. The number of carbonyl (C=O) groups excluding carboxylic acids is 1. The van der Waals surface area contributed by atoms with Gasteiger partial charge in [0.05, 0.1) is 20.9 Å². The molecule has 0 aliphatic carbocycles. The maximum atomic E-state index is 12.7. The standard InChI is InChI=1S/C22H18N4OS2/c1-3-26-18-7-5-4-6-14(18)10-19(26)22-25-17(12-28-22)21(27)24-15-8-9-20-16(11-15)23-13(2)29-20/h4-12H,3H2,1-2H3,(H,24,27). The summed E-state index contributed by atoms with van der Waals surface area (Å²) < 4.78 is 3.35. The van der Waals surface area contributed by atoms with Crippen LogP contribution in [-0.4, -0.2) is 20.4 Å². The zero-order chi connectivity index (χ0) is 20.0. The molecular weight excluding hydrogens is 400 g/mol. The molecule has 5 rings (SSSR count). The first kappa shape index (κ1) is 18.0. The fourth-order valence-corrected chi connectivity index (χ4v) is 5.17. The van der Waals surface area contributed by atoms with E-state index in [9.17, 15) is 4.79 Å². The zero-order valence-electron chi connectivity index (χ0n) is 16.0. The van der Waals surface area contributed by atoms with E-state index in [1.54, 1.807) is 11.3 Å². The molecule has 0 unspecified atom stereocenters. The average Bonchev–Trinajstić information content (AvgIpc) is 3.42. The smallest absolute Gasteiger partial charge is 0.275 e. The van der Waals surface area contributed by atoms with E-state index >= 15 is 0 Å². The predicted octanol–water partition coefficient (Wildman–Crippen LogP) is 5.96. The first-order valence-electron chi connectivity index (χ1n) is 9.35. The number of anilines is 1. The second kappa shape index (κ2) is 7.09. The predicted molar refractivity (Wildman–Crippen MR) is 121 cm³/mol. The summed E-state index contributed by atoms with van der Waals surface area (Å²) >= 11 is 3.13. The Morgan fingerprint density at radius 1 is 1.14 bits per heavy atom. The van der Waals surface area contributed by atoms with Crippen LogP contribution in [0.2, 0.25) is 0 Å². The van der Waals surface area contributed by atoms with Crippen LogP contribution in [0.25, 0.3) is 31.8 Å². The van der Waals surface area contributed by atoms with Crippen molar-refractivity contribution in [1.82, 2.24) is 14.5 Å². The monoisotopic (exact) mass is 418 g/mol. The SMILES string of the molecule is CCn1c(-c2nc(C(=O)Nc3ccc4sc(C)nc4c3)cs2)cc2ccccc21. The Labute approximate surface area is 175 Å². The summed E-state index contributed by atoms with van der Waals surface area (Å²) in [5.74, 6) is -0.210. The van der Waals surface area contributed by atoms with Gasteiger partial charge in [-0.2, -0.15) is 0 Å². The van der Waals surface area contributed by atoms with Crippen LogP contribution < -0.4 is 5.32 Å². The third-order valence-electron chi connectivity index (χ3n) is 4.84. The molecule has 0 saturated carbocycles. The molecule has 0 aliphatic heterocycles. The first-order valence-corrected chi connectivity index (χ1v) is 11.0. The van der Waals surface area contributed by atoms with Crippen molar-refractivity contribution in [2.75, 3.05) is 5.32 Å². The highest BCUT2D eigenvalue weighted by molar-refractivity contribution is 7.18. The summed E-state index contributed by atoms with van der Waals surface area (Å²) in [4.78, 5) is 21.8. The molecule has 1 N–H and O–H groups in total. The van der Waals surface area contributed by atoms with Gasteiger partial charge in [-0.3, -0.25) is 4.79 Å². The molecule has 29 heavy (non-hydrogen) atoms. The minimum absolute atomic E-state index is 0.210. The molecule has 7 heteroatoms. The minimum Gasteiger partial charge on any atom is -0.339 e. The Hall–Kier alpha value is -3.03. The summed E-state index contributed by atoms with van der Waals surface area (Å²) in [6.45, 7) is 4.94. The van der Waals surface area contributed by atoms with E-state index in [4.69, 9.17) is 0 Å². The molecule has 5 aromatic rings. The van der Waals surface area contributed by atoms with E-state index in [0.29, 0.717) is 5.69 Å². The van der Waals surface area contributed by atoms with Crippen LogP contribution in [0.15, 0.2) is 53.9 Å². The quantitative estimate of drug-likeness (QED) is 0.392. The number of para-hydroxylation sites is 1. The molecular formula is C22H18N4OS2. The van der Waals surface area contributed by atoms with Gasteiger partial charge in [-0.15, -0.1) is 22.7 Å². The number of benzene rings is 2.